The first-order chi connectivity index (χ1) is 8.48. The molecule has 0 unspecified atom stereocenters. The molecule has 18 heavy (non-hydrogen) atoms. The van der Waals surface area contributed by atoms with Crippen molar-refractivity contribution in [3.8, 4) is 0 Å². The van der Waals surface area contributed by atoms with Crippen LogP contribution in [0.3, 0.4) is 0 Å². The molecule has 1 aromatic rings. The molecule has 0 saturated heterocycles. The van der Waals surface area contributed by atoms with E-state index in [-0.39, 0.29) is 11.4 Å². The zero-order chi connectivity index (χ0) is 13.2. The lowest BCUT2D eigenvalue weighted by Crippen LogP contribution is -2.40. The number of carbonyl (C=O) groups is 1. The van der Waals surface area contributed by atoms with Gasteiger partial charge in [-0.25, -0.2) is 0 Å². The molecule has 1 fully saturated rings. The summed E-state index contributed by atoms with van der Waals surface area (Å²) in [4.78, 5) is 12.0. The molecule has 0 spiro atoms. The van der Waals surface area contributed by atoms with E-state index >= 15 is 0 Å². The third-order valence-electron chi connectivity index (χ3n) is 3.31. The normalized spacial score (nSPS) is 17.7. The van der Waals surface area contributed by atoms with Gasteiger partial charge in [0, 0.05) is 15.5 Å². The monoisotopic (exact) mass is 378 g/mol. The first kappa shape index (κ1) is 14.1. The minimum absolute atomic E-state index is 0.0525. The van der Waals surface area contributed by atoms with Gasteiger partial charge in [-0.05, 0) is 53.6 Å². The highest BCUT2D eigenvalue weighted by Crippen LogP contribution is 2.31. The Kier molecular flexibility index (Phi) is 4.50. The van der Waals surface area contributed by atoms with Crippen LogP contribution < -0.4 is 11.1 Å². The summed E-state index contributed by atoms with van der Waals surface area (Å²) in [7, 11) is 0. The minimum atomic E-state index is -0.321. The number of anilines is 1. The SMILES string of the molecule is NC1(CC(=O)Nc2cc(I)ccc2Cl)CCCC1. The van der Waals surface area contributed by atoms with Crippen molar-refractivity contribution in [2.24, 2.45) is 5.73 Å². The molecule has 98 valence electrons. The topological polar surface area (TPSA) is 55.1 Å². The number of carbonyl (C=O) groups excluding carboxylic acids is 1. The molecular weight excluding hydrogens is 363 g/mol. The number of hydrogen-bond donors (Lipinski definition) is 2. The molecule has 0 atom stereocenters. The fraction of sp³-hybridized carbons (Fsp3) is 0.462. The summed E-state index contributed by atoms with van der Waals surface area (Å²) in [6.45, 7) is 0. The number of nitrogens with two attached hydrogens (primary N) is 1. The van der Waals surface area contributed by atoms with Gasteiger partial charge in [0.15, 0.2) is 0 Å². The van der Waals surface area contributed by atoms with Crippen LogP contribution in [0, 0.1) is 3.57 Å². The molecule has 0 radical (unpaired) electrons. The average Bonchev–Trinajstić information content (AvgIpc) is 2.70. The molecule has 1 aliphatic carbocycles. The molecule has 1 aromatic carbocycles. The third-order valence-corrected chi connectivity index (χ3v) is 4.32. The maximum absolute atomic E-state index is 12.0. The van der Waals surface area contributed by atoms with Gasteiger partial charge < -0.3 is 11.1 Å². The molecule has 2 rings (SSSR count). The second kappa shape index (κ2) is 5.75. The van der Waals surface area contributed by atoms with E-state index in [0.29, 0.717) is 17.1 Å². The molecule has 1 aliphatic rings. The summed E-state index contributed by atoms with van der Waals surface area (Å²) >= 11 is 8.23. The van der Waals surface area contributed by atoms with Gasteiger partial charge in [0.1, 0.15) is 0 Å². The lowest BCUT2D eigenvalue weighted by atomic mass is 9.94. The summed E-state index contributed by atoms with van der Waals surface area (Å²) in [5, 5.41) is 3.40. The van der Waals surface area contributed by atoms with Gasteiger partial charge >= 0.3 is 0 Å². The van der Waals surface area contributed by atoms with Crippen LogP contribution in [0.1, 0.15) is 32.1 Å². The van der Waals surface area contributed by atoms with E-state index in [0.717, 1.165) is 29.3 Å². The fourth-order valence-corrected chi connectivity index (χ4v) is 3.02. The second-order valence-corrected chi connectivity index (χ2v) is 6.57. The first-order valence-corrected chi connectivity index (χ1v) is 7.48. The molecule has 1 amide bonds. The van der Waals surface area contributed by atoms with Gasteiger partial charge in [0.2, 0.25) is 5.91 Å². The van der Waals surface area contributed by atoms with Crippen LogP contribution in [0.15, 0.2) is 18.2 Å². The van der Waals surface area contributed by atoms with Gasteiger partial charge in [-0.15, -0.1) is 0 Å². The third kappa shape index (κ3) is 3.59. The Morgan fingerprint density at radius 1 is 1.44 bits per heavy atom. The highest BCUT2D eigenvalue weighted by atomic mass is 127. The number of halogens is 2. The van der Waals surface area contributed by atoms with Crippen LogP contribution in [0.5, 0.6) is 0 Å². The van der Waals surface area contributed by atoms with Crippen molar-refractivity contribution in [1.82, 2.24) is 0 Å². The second-order valence-electron chi connectivity index (χ2n) is 4.92. The number of nitrogens with one attached hydrogen (secondary N) is 1. The highest BCUT2D eigenvalue weighted by Gasteiger charge is 2.31. The summed E-state index contributed by atoms with van der Waals surface area (Å²) in [6, 6.07) is 5.55. The Morgan fingerprint density at radius 3 is 2.78 bits per heavy atom. The van der Waals surface area contributed by atoms with E-state index < -0.39 is 0 Å². The van der Waals surface area contributed by atoms with E-state index in [1.54, 1.807) is 6.07 Å². The predicted octanol–water partition coefficient (Wildman–Crippen LogP) is 3.54. The molecule has 5 heteroatoms. The molecule has 0 heterocycles. The molecular formula is C13H16ClIN2O. The maximum Gasteiger partial charge on any atom is 0.226 e. The molecule has 3 nitrogen and oxygen atoms in total. The number of benzene rings is 1. The van der Waals surface area contributed by atoms with Crippen LogP contribution in [0.2, 0.25) is 5.02 Å². The summed E-state index contributed by atoms with van der Waals surface area (Å²) < 4.78 is 1.04. The molecule has 0 aliphatic heterocycles. The number of hydrogen-bond acceptors (Lipinski definition) is 2. The Morgan fingerprint density at radius 2 is 2.11 bits per heavy atom. The van der Waals surface area contributed by atoms with Crippen LogP contribution in [0.25, 0.3) is 0 Å². The van der Waals surface area contributed by atoms with Crippen molar-refractivity contribution in [2.45, 2.75) is 37.6 Å². The van der Waals surface area contributed by atoms with Crippen molar-refractivity contribution in [3.05, 3.63) is 26.8 Å². The molecule has 0 aromatic heterocycles. The summed E-state index contributed by atoms with van der Waals surface area (Å²) in [6.07, 6.45) is 4.47. The van der Waals surface area contributed by atoms with E-state index in [2.05, 4.69) is 27.9 Å². The predicted molar refractivity (Wildman–Crippen MR) is 82.8 cm³/mol. The van der Waals surface area contributed by atoms with Gasteiger partial charge in [-0.2, -0.15) is 0 Å². The minimum Gasteiger partial charge on any atom is -0.325 e. The molecule has 0 bridgehead atoms. The van der Waals surface area contributed by atoms with Crippen molar-refractivity contribution in [2.75, 3.05) is 5.32 Å². The number of amides is 1. The van der Waals surface area contributed by atoms with Crippen molar-refractivity contribution in [3.63, 3.8) is 0 Å². The highest BCUT2D eigenvalue weighted by molar-refractivity contribution is 14.1. The van der Waals surface area contributed by atoms with Gasteiger partial charge in [-0.1, -0.05) is 24.4 Å². The lowest BCUT2D eigenvalue weighted by molar-refractivity contribution is -0.117. The Bertz CT molecular complexity index is 458. The van der Waals surface area contributed by atoms with E-state index in [1.807, 2.05) is 12.1 Å². The average molecular weight is 379 g/mol. The van der Waals surface area contributed by atoms with Gasteiger partial charge in [0.25, 0.3) is 0 Å². The zero-order valence-electron chi connectivity index (χ0n) is 10.0. The molecule has 1 saturated carbocycles. The largest absolute Gasteiger partial charge is 0.325 e. The van der Waals surface area contributed by atoms with E-state index in [1.165, 1.54) is 0 Å². The van der Waals surface area contributed by atoms with Crippen molar-refractivity contribution < 1.29 is 4.79 Å². The fourth-order valence-electron chi connectivity index (χ4n) is 2.36. The Labute approximate surface area is 126 Å². The summed E-state index contributed by atoms with van der Waals surface area (Å²) in [5.41, 5.74) is 6.53. The van der Waals surface area contributed by atoms with Crippen LogP contribution >= 0.6 is 34.2 Å². The Hall–Kier alpha value is -0.330. The first-order valence-electron chi connectivity index (χ1n) is 6.02. The smallest absolute Gasteiger partial charge is 0.226 e. The number of rotatable bonds is 3. The van der Waals surface area contributed by atoms with E-state index in [4.69, 9.17) is 17.3 Å². The lowest BCUT2D eigenvalue weighted by Gasteiger charge is -2.22. The van der Waals surface area contributed by atoms with Crippen LogP contribution in [0.4, 0.5) is 5.69 Å². The standard InChI is InChI=1S/C13H16ClIN2O/c14-10-4-3-9(15)7-11(10)17-12(18)8-13(16)5-1-2-6-13/h3-4,7H,1-2,5-6,8,16H2,(H,17,18). The Balaban J connectivity index is 2.00. The van der Waals surface area contributed by atoms with Crippen LogP contribution in [-0.2, 0) is 4.79 Å². The van der Waals surface area contributed by atoms with E-state index in [9.17, 15) is 4.79 Å². The molecule has 3 N–H and O–H groups in total. The quantitative estimate of drug-likeness (QED) is 0.790. The van der Waals surface area contributed by atoms with Crippen molar-refractivity contribution in [1.29, 1.82) is 0 Å². The summed E-state index contributed by atoms with van der Waals surface area (Å²) in [5.74, 6) is -0.0525. The maximum atomic E-state index is 12.0. The zero-order valence-corrected chi connectivity index (χ0v) is 12.9. The van der Waals surface area contributed by atoms with Crippen molar-refractivity contribution >= 4 is 45.8 Å². The van der Waals surface area contributed by atoms with Gasteiger partial charge in [0.05, 0.1) is 10.7 Å². The van der Waals surface area contributed by atoms with Crippen LogP contribution in [-0.4, -0.2) is 11.4 Å². The van der Waals surface area contributed by atoms with Gasteiger partial charge in [-0.3, -0.25) is 4.79 Å².